The Morgan fingerprint density at radius 1 is 1.41 bits per heavy atom. The van der Waals surface area contributed by atoms with Crippen LogP contribution in [0, 0.1) is 0 Å². The molecular weight excluding hydrogens is 374 g/mol. The normalized spacial score (nSPS) is 21.6. The Kier molecular flexibility index (Phi) is 6.41. The van der Waals surface area contributed by atoms with Gasteiger partial charge in [-0.15, -0.1) is 0 Å². The first-order valence-corrected chi connectivity index (χ1v) is 10.3. The number of aromatic amines is 1. The van der Waals surface area contributed by atoms with Crippen molar-refractivity contribution in [2.24, 2.45) is 0 Å². The molecule has 1 amide bonds. The maximum atomic E-state index is 12.5. The number of hydrogen-bond acceptors (Lipinski definition) is 6. The van der Waals surface area contributed by atoms with Crippen LogP contribution in [-0.4, -0.2) is 69.7 Å². The van der Waals surface area contributed by atoms with E-state index >= 15 is 0 Å². The van der Waals surface area contributed by atoms with Crippen molar-refractivity contribution in [2.45, 2.75) is 51.6 Å². The predicted octanol–water partition coefficient (Wildman–Crippen LogP) is 0.626. The van der Waals surface area contributed by atoms with Gasteiger partial charge in [0.25, 0.3) is 5.91 Å². The molecule has 0 aliphatic carbocycles. The molecule has 0 radical (unpaired) electrons. The highest BCUT2D eigenvalue weighted by atomic mass is 16.5. The first-order valence-electron chi connectivity index (χ1n) is 10.3. The molecular formula is C19H32N7O3+. The van der Waals surface area contributed by atoms with Crippen LogP contribution < -0.4 is 21.5 Å². The number of nitrogens with zero attached hydrogens (tertiary/aromatic N) is 4. The first-order chi connectivity index (χ1) is 13.9. The highest BCUT2D eigenvalue weighted by Gasteiger charge is 2.42. The largest absolute Gasteiger partial charge is 0.463 e. The summed E-state index contributed by atoms with van der Waals surface area (Å²) in [5.41, 5.74) is 6.62. The minimum atomic E-state index is -0.265. The first kappa shape index (κ1) is 21.1. The third kappa shape index (κ3) is 4.36. The zero-order valence-corrected chi connectivity index (χ0v) is 17.5. The lowest BCUT2D eigenvalue weighted by molar-refractivity contribution is -0.912. The number of unbranched alkanes of at least 4 members (excludes halogenated alkanes) is 1. The number of quaternary nitrogens is 1. The molecule has 2 atom stereocenters. The second-order valence-electron chi connectivity index (χ2n) is 7.93. The third-order valence-corrected chi connectivity index (χ3v) is 5.86. The molecule has 160 valence electrons. The van der Waals surface area contributed by atoms with Crippen LogP contribution in [-0.2, 0) is 11.3 Å². The number of likely N-dealkylation sites (N-methyl/N-ethyl adjacent to an activating group) is 2. The van der Waals surface area contributed by atoms with E-state index in [9.17, 15) is 9.59 Å². The molecule has 2 aromatic rings. The average Bonchev–Trinajstić information content (AvgIpc) is 3.22. The quantitative estimate of drug-likeness (QED) is 0.414. The molecule has 10 nitrogen and oxygen atoms in total. The number of imidazole rings is 1. The Morgan fingerprint density at radius 2 is 2.21 bits per heavy atom. The Bertz CT molecular complexity index is 922. The van der Waals surface area contributed by atoms with Crippen molar-refractivity contribution in [3.05, 3.63) is 10.5 Å². The van der Waals surface area contributed by atoms with Crippen molar-refractivity contribution in [3.8, 4) is 6.01 Å². The fourth-order valence-corrected chi connectivity index (χ4v) is 4.16. The van der Waals surface area contributed by atoms with Crippen molar-refractivity contribution < 1.29 is 14.0 Å². The van der Waals surface area contributed by atoms with E-state index < -0.39 is 0 Å². The van der Waals surface area contributed by atoms with Crippen molar-refractivity contribution in [3.63, 3.8) is 0 Å². The van der Waals surface area contributed by atoms with Crippen LogP contribution in [0.25, 0.3) is 11.2 Å². The summed E-state index contributed by atoms with van der Waals surface area (Å²) in [6.07, 6.45) is 4.56. The van der Waals surface area contributed by atoms with E-state index in [2.05, 4.69) is 34.2 Å². The number of hydrogen-bond donors (Lipinski definition) is 3. The molecule has 0 bridgehead atoms. The highest BCUT2D eigenvalue weighted by molar-refractivity contribution is 5.82. The molecule has 0 saturated carbocycles. The van der Waals surface area contributed by atoms with Crippen LogP contribution in [0.15, 0.2) is 4.79 Å². The number of rotatable bonds is 9. The van der Waals surface area contributed by atoms with Gasteiger partial charge in [-0.05, 0) is 6.42 Å². The summed E-state index contributed by atoms with van der Waals surface area (Å²) in [4.78, 5) is 35.9. The number of likely N-dealkylation sites (tertiary alicyclic amines) is 1. The minimum absolute atomic E-state index is 0.0313. The maximum Gasteiger partial charge on any atom is 0.327 e. The van der Waals surface area contributed by atoms with E-state index in [1.807, 2.05) is 0 Å². The Hall–Kier alpha value is -2.62. The van der Waals surface area contributed by atoms with Crippen LogP contribution in [0.3, 0.4) is 0 Å². The van der Waals surface area contributed by atoms with Gasteiger partial charge in [-0.1, -0.05) is 13.3 Å². The molecule has 1 aliphatic heterocycles. The summed E-state index contributed by atoms with van der Waals surface area (Å²) in [5.74, 6) is 0.291. The number of carbonyl (C=O) groups excluding carboxylic acids is 1. The summed E-state index contributed by atoms with van der Waals surface area (Å²) in [7, 11) is 3.80. The molecule has 29 heavy (non-hydrogen) atoms. The molecule has 1 aliphatic rings. The molecule has 1 unspecified atom stereocenters. The molecule has 0 aromatic carbocycles. The number of H-pyrrole nitrogens is 1. The van der Waals surface area contributed by atoms with Crippen LogP contribution in [0.2, 0.25) is 0 Å². The lowest BCUT2D eigenvalue weighted by Gasteiger charge is -2.35. The number of nitrogen functional groups attached to an aromatic ring is 1. The summed E-state index contributed by atoms with van der Waals surface area (Å²) >= 11 is 0. The summed E-state index contributed by atoms with van der Waals surface area (Å²) in [5, 5.41) is 2.77. The number of aromatic nitrogens is 4. The average molecular weight is 407 g/mol. The molecule has 0 spiro atoms. The zero-order chi connectivity index (χ0) is 21.0. The number of carbonyl (C=O) groups is 1. The fraction of sp³-hybridized carbons (Fsp3) is 0.684. The molecule has 3 heterocycles. The van der Waals surface area contributed by atoms with Gasteiger partial charge in [-0.25, -0.2) is 4.79 Å². The molecule has 2 aromatic heterocycles. The van der Waals surface area contributed by atoms with Gasteiger partial charge in [0.15, 0.2) is 17.5 Å². The summed E-state index contributed by atoms with van der Waals surface area (Å²) < 4.78 is 7.85. The summed E-state index contributed by atoms with van der Waals surface area (Å²) in [6.45, 7) is 4.83. The Balaban J connectivity index is 1.75. The molecule has 10 heteroatoms. The van der Waals surface area contributed by atoms with Crippen molar-refractivity contribution in [1.29, 1.82) is 0 Å². The van der Waals surface area contributed by atoms with Gasteiger partial charge in [0.1, 0.15) is 5.52 Å². The lowest BCUT2D eigenvalue weighted by atomic mass is 10.2. The maximum absolute atomic E-state index is 12.5. The zero-order valence-electron chi connectivity index (χ0n) is 17.5. The van der Waals surface area contributed by atoms with Crippen LogP contribution >= 0.6 is 0 Å². The van der Waals surface area contributed by atoms with Gasteiger partial charge < -0.3 is 25.3 Å². The van der Waals surface area contributed by atoms with E-state index in [0.29, 0.717) is 28.8 Å². The van der Waals surface area contributed by atoms with E-state index in [1.165, 1.54) is 0 Å². The fourth-order valence-electron chi connectivity index (χ4n) is 4.16. The SMILES string of the molecule is CCCCOc1nc(N)c2[nH]c(=O)n(CCC[N+]3(C)CCC[C@H]3C(=O)NC)c2n1. The number of amides is 1. The number of fused-ring (bicyclic) bond motifs is 1. The number of anilines is 1. The van der Waals surface area contributed by atoms with Crippen LogP contribution in [0.4, 0.5) is 5.82 Å². The van der Waals surface area contributed by atoms with Crippen LogP contribution in [0.1, 0.15) is 39.0 Å². The summed E-state index contributed by atoms with van der Waals surface area (Å²) in [6, 6.07) is 0.158. The van der Waals surface area contributed by atoms with Gasteiger partial charge in [0, 0.05) is 32.9 Å². The second kappa shape index (κ2) is 8.81. The van der Waals surface area contributed by atoms with Crippen molar-refractivity contribution in [1.82, 2.24) is 24.8 Å². The van der Waals surface area contributed by atoms with Gasteiger partial charge in [0.05, 0.1) is 26.7 Å². The number of nitrogens with one attached hydrogen (secondary N) is 2. The molecule has 1 fully saturated rings. The van der Waals surface area contributed by atoms with Crippen molar-refractivity contribution >= 4 is 22.9 Å². The van der Waals surface area contributed by atoms with Gasteiger partial charge in [-0.2, -0.15) is 9.97 Å². The van der Waals surface area contributed by atoms with E-state index in [1.54, 1.807) is 11.6 Å². The van der Waals surface area contributed by atoms with Gasteiger partial charge in [-0.3, -0.25) is 9.36 Å². The van der Waals surface area contributed by atoms with Gasteiger partial charge in [0.2, 0.25) is 0 Å². The van der Waals surface area contributed by atoms with E-state index in [0.717, 1.165) is 45.2 Å². The van der Waals surface area contributed by atoms with Crippen molar-refractivity contribution in [2.75, 3.05) is 39.5 Å². The standard InChI is InChI=1S/C19H31N7O3/c1-4-5-12-29-18-23-15(20)14-16(24-18)25(19(28)22-14)9-7-11-26(3)10-6-8-13(26)17(27)21-2/h13H,4-12H2,1-3H3,(H3-,20,21,22,23,24,27,28)/p+1/t13-,26?/m0/s1. The molecule has 1 saturated heterocycles. The minimum Gasteiger partial charge on any atom is -0.463 e. The van der Waals surface area contributed by atoms with Gasteiger partial charge >= 0.3 is 11.7 Å². The highest BCUT2D eigenvalue weighted by Crippen LogP contribution is 2.26. The monoisotopic (exact) mass is 406 g/mol. The second-order valence-corrected chi connectivity index (χ2v) is 7.93. The molecule has 4 N–H and O–H groups in total. The predicted molar refractivity (Wildman–Crippen MR) is 111 cm³/mol. The van der Waals surface area contributed by atoms with E-state index in [-0.39, 0.29) is 29.5 Å². The van der Waals surface area contributed by atoms with E-state index in [4.69, 9.17) is 10.5 Å². The topological polar surface area (TPSA) is 128 Å². The number of nitrogens with two attached hydrogens (primary N) is 1. The lowest BCUT2D eigenvalue weighted by Crippen LogP contribution is -2.55. The number of aryl methyl sites for hydroxylation is 1. The Labute approximate surface area is 170 Å². The Morgan fingerprint density at radius 3 is 2.93 bits per heavy atom. The third-order valence-electron chi connectivity index (χ3n) is 5.86. The van der Waals surface area contributed by atoms with Crippen LogP contribution in [0.5, 0.6) is 6.01 Å². The number of ether oxygens (including phenoxy) is 1. The smallest absolute Gasteiger partial charge is 0.327 e. The molecule has 3 rings (SSSR count).